The quantitative estimate of drug-likeness (QED) is 0.888. The zero-order chi connectivity index (χ0) is 13.8. The first-order chi connectivity index (χ1) is 9.17. The van der Waals surface area contributed by atoms with E-state index >= 15 is 0 Å². The minimum absolute atomic E-state index is 0.256. The summed E-state index contributed by atoms with van der Waals surface area (Å²) in [5.74, 6) is 1.01. The van der Waals surface area contributed by atoms with Crippen LogP contribution in [0.1, 0.15) is 11.4 Å². The van der Waals surface area contributed by atoms with Crippen LogP contribution >= 0.6 is 0 Å². The molecule has 2 aromatic rings. The molecule has 102 valence electrons. The topological polar surface area (TPSA) is 66.0 Å². The molecule has 0 amide bonds. The Bertz CT molecular complexity index is 568. The number of halogens is 1. The van der Waals surface area contributed by atoms with Crippen LogP contribution in [-0.2, 0) is 17.8 Å². The number of hydrogen-bond acceptors (Lipinski definition) is 4. The molecule has 2 N–H and O–H groups in total. The summed E-state index contributed by atoms with van der Waals surface area (Å²) in [5, 5.41) is 8.12. The van der Waals surface area contributed by atoms with E-state index in [4.69, 9.17) is 10.5 Å². The Kier molecular flexibility index (Phi) is 4.24. The Hall–Kier alpha value is -1.79. The van der Waals surface area contributed by atoms with Crippen LogP contribution in [0, 0.1) is 12.7 Å². The lowest BCUT2D eigenvalue weighted by molar-refractivity contribution is 0.186. The highest BCUT2D eigenvalue weighted by Crippen LogP contribution is 2.21. The highest BCUT2D eigenvalue weighted by atomic mass is 19.1. The van der Waals surface area contributed by atoms with E-state index in [2.05, 4.69) is 10.2 Å². The van der Waals surface area contributed by atoms with Crippen LogP contribution in [0.5, 0.6) is 0 Å². The third kappa shape index (κ3) is 2.80. The van der Waals surface area contributed by atoms with Crippen LogP contribution in [0.4, 0.5) is 4.39 Å². The third-order valence-electron chi connectivity index (χ3n) is 2.96. The molecule has 1 aromatic carbocycles. The lowest BCUT2D eigenvalue weighted by Gasteiger charge is -2.09. The van der Waals surface area contributed by atoms with Gasteiger partial charge in [-0.25, -0.2) is 4.39 Å². The molecule has 0 aliphatic rings. The van der Waals surface area contributed by atoms with Gasteiger partial charge in [-0.2, -0.15) is 0 Å². The molecule has 0 atom stereocenters. The fourth-order valence-corrected chi connectivity index (χ4v) is 1.85. The summed E-state index contributed by atoms with van der Waals surface area (Å²) >= 11 is 0. The van der Waals surface area contributed by atoms with E-state index < -0.39 is 0 Å². The number of methoxy groups -OCH3 is 1. The van der Waals surface area contributed by atoms with Gasteiger partial charge < -0.3 is 15.0 Å². The maximum atomic E-state index is 13.6. The number of ether oxygens (including phenoxy) is 1. The predicted molar refractivity (Wildman–Crippen MR) is 69.9 cm³/mol. The van der Waals surface area contributed by atoms with E-state index in [9.17, 15) is 4.39 Å². The van der Waals surface area contributed by atoms with Crippen molar-refractivity contribution in [2.45, 2.75) is 20.0 Å². The summed E-state index contributed by atoms with van der Waals surface area (Å²) < 4.78 is 20.5. The number of benzene rings is 1. The molecule has 0 radical (unpaired) electrons. The maximum Gasteiger partial charge on any atom is 0.164 e. The third-order valence-corrected chi connectivity index (χ3v) is 2.96. The Morgan fingerprint density at radius 1 is 1.37 bits per heavy atom. The molecule has 1 aromatic heterocycles. The van der Waals surface area contributed by atoms with E-state index in [1.165, 1.54) is 6.07 Å². The zero-order valence-corrected chi connectivity index (χ0v) is 11.1. The van der Waals surface area contributed by atoms with Gasteiger partial charge in [0.15, 0.2) is 5.82 Å². The minimum atomic E-state index is -0.256. The predicted octanol–water partition coefficient (Wildman–Crippen LogP) is 1.50. The van der Waals surface area contributed by atoms with E-state index in [0.29, 0.717) is 35.9 Å². The van der Waals surface area contributed by atoms with Gasteiger partial charge in [-0.05, 0) is 18.6 Å². The van der Waals surface area contributed by atoms with Gasteiger partial charge in [-0.1, -0.05) is 12.1 Å². The van der Waals surface area contributed by atoms with E-state index in [-0.39, 0.29) is 12.4 Å². The Morgan fingerprint density at radius 2 is 2.16 bits per heavy atom. The highest BCUT2D eigenvalue weighted by molar-refractivity contribution is 5.56. The van der Waals surface area contributed by atoms with Crippen LogP contribution in [0.3, 0.4) is 0 Å². The summed E-state index contributed by atoms with van der Waals surface area (Å²) in [4.78, 5) is 0. The molecule has 1 heterocycles. The summed E-state index contributed by atoms with van der Waals surface area (Å²) in [6.07, 6.45) is 0. The van der Waals surface area contributed by atoms with Crippen molar-refractivity contribution in [1.29, 1.82) is 0 Å². The molecule has 0 saturated carbocycles. The first-order valence-electron chi connectivity index (χ1n) is 6.05. The monoisotopic (exact) mass is 264 g/mol. The molecule has 0 aliphatic carbocycles. The number of hydrogen-bond donors (Lipinski definition) is 1. The Morgan fingerprint density at radius 3 is 2.79 bits per heavy atom. The standard InChI is InChI=1S/C13H17FN4O/c1-9-3-4-10(7-11(9)14)13-17-16-12(8-15)18(13)5-6-19-2/h3-4,7H,5-6,8,15H2,1-2H3. The first-order valence-corrected chi connectivity index (χ1v) is 6.05. The second-order valence-electron chi connectivity index (χ2n) is 4.25. The molecule has 0 unspecified atom stereocenters. The van der Waals surface area contributed by atoms with Gasteiger partial charge in [0.25, 0.3) is 0 Å². The van der Waals surface area contributed by atoms with Crippen LogP contribution in [-0.4, -0.2) is 28.5 Å². The number of rotatable bonds is 5. The average Bonchev–Trinajstić information content (AvgIpc) is 2.82. The van der Waals surface area contributed by atoms with Crippen molar-refractivity contribution in [3.8, 4) is 11.4 Å². The molecule has 5 nitrogen and oxygen atoms in total. The van der Waals surface area contributed by atoms with Gasteiger partial charge in [0.05, 0.1) is 13.2 Å². The van der Waals surface area contributed by atoms with E-state index in [0.717, 1.165) is 0 Å². The Labute approximate surface area is 111 Å². The van der Waals surface area contributed by atoms with Crippen molar-refractivity contribution in [2.75, 3.05) is 13.7 Å². The molecular formula is C13H17FN4O. The lowest BCUT2D eigenvalue weighted by Crippen LogP contribution is -2.12. The number of nitrogens with zero attached hydrogens (tertiary/aromatic N) is 3. The molecule has 19 heavy (non-hydrogen) atoms. The largest absolute Gasteiger partial charge is 0.383 e. The molecule has 0 saturated heterocycles. The van der Waals surface area contributed by atoms with E-state index in [1.54, 1.807) is 20.1 Å². The summed E-state index contributed by atoms with van der Waals surface area (Å²) in [6, 6.07) is 5.01. The second kappa shape index (κ2) is 5.90. The fraction of sp³-hybridized carbons (Fsp3) is 0.385. The van der Waals surface area contributed by atoms with Crippen molar-refractivity contribution < 1.29 is 9.13 Å². The lowest BCUT2D eigenvalue weighted by atomic mass is 10.1. The molecular weight excluding hydrogens is 247 g/mol. The molecule has 2 rings (SSSR count). The number of aromatic nitrogens is 3. The fourth-order valence-electron chi connectivity index (χ4n) is 1.85. The van der Waals surface area contributed by atoms with E-state index in [1.807, 2.05) is 10.6 Å². The minimum Gasteiger partial charge on any atom is -0.383 e. The van der Waals surface area contributed by atoms with Crippen molar-refractivity contribution >= 4 is 0 Å². The highest BCUT2D eigenvalue weighted by Gasteiger charge is 2.13. The summed E-state index contributed by atoms with van der Waals surface area (Å²) in [5.41, 5.74) is 6.92. The zero-order valence-electron chi connectivity index (χ0n) is 11.1. The number of aryl methyl sites for hydroxylation is 1. The van der Waals surface area contributed by atoms with Crippen LogP contribution in [0.2, 0.25) is 0 Å². The van der Waals surface area contributed by atoms with Crippen molar-refractivity contribution in [3.05, 3.63) is 35.4 Å². The average molecular weight is 264 g/mol. The van der Waals surface area contributed by atoms with Crippen molar-refractivity contribution in [3.63, 3.8) is 0 Å². The SMILES string of the molecule is COCCn1c(CN)nnc1-c1ccc(C)c(F)c1. The van der Waals surface area contributed by atoms with Crippen LogP contribution in [0.15, 0.2) is 18.2 Å². The van der Waals surface area contributed by atoms with Crippen LogP contribution < -0.4 is 5.73 Å². The van der Waals surface area contributed by atoms with Gasteiger partial charge in [-0.3, -0.25) is 0 Å². The molecule has 0 spiro atoms. The summed E-state index contributed by atoms with van der Waals surface area (Å²) in [7, 11) is 1.62. The molecule has 0 aliphatic heterocycles. The second-order valence-corrected chi connectivity index (χ2v) is 4.25. The van der Waals surface area contributed by atoms with Gasteiger partial charge in [0.1, 0.15) is 11.6 Å². The smallest absolute Gasteiger partial charge is 0.164 e. The molecule has 6 heteroatoms. The van der Waals surface area contributed by atoms with Gasteiger partial charge >= 0.3 is 0 Å². The van der Waals surface area contributed by atoms with Gasteiger partial charge in [0, 0.05) is 19.2 Å². The van der Waals surface area contributed by atoms with Gasteiger partial charge in [0.2, 0.25) is 0 Å². The number of nitrogens with two attached hydrogens (primary N) is 1. The Balaban J connectivity index is 2.42. The van der Waals surface area contributed by atoms with Crippen LogP contribution in [0.25, 0.3) is 11.4 Å². The summed E-state index contributed by atoms with van der Waals surface area (Å²) in [6.45, 7) is 3.11. The van der Waals surface area contributed by atoms with Gasteiger partial charge in [-0.15, -0.1) is 10.2 Å². The molecule has 0 bridgehead atoms. The maximum absolute atomic E-state index is 13.6. The molecule has 0 fully saturated rings. The van der Waals surface area contributed by atoms with Crippen molar-refractivity contribution in [2.24, 2.45) is 5.73 Å². The first kappa shape index (κ1) is 13.6. The normalized spacial score (nSPS) is 10.9. The van der Waals surface area contributed by atoms with Crippen molar-refractivity contribution in [1.82, 2.24) is 14.8 Å².